The molecule has 0 radical (unpaired) electrons. The number of halogens is 2. The number of benzene rings is 1. The van der Waals surface area contributed by atoms with Crippen LogP contribution in [0.3, 0.4) is 0 Å². The number of hydrogen-bond acceptors (Lipinski definition) is 6. The fraction of sp³-hybridized carbons (Fsp3) is 0.310. The fourth-order valence-corrected chi connectivity index (χ4v) is 6.41. The first kappa shape index (κ1) is 24.8. The van der Waals surface area contributed by atoms with E-state index in [0.29, 0.717) is 25.3 Å². The smallest absolute Gasteiger partial charge is 0.258 e. The number of nitrogens with zero attached hydrogens (tertiary/aromatic N) is 6. The number of ether oxygens (including phenoxy) is 1. The maximum Gasteiger partial charge on any atom is 0.258 e. The van der Waals surface area contributed by atoms with Crippen molar-refractivity contribution in [3.8, 4) is 16.9 Å². The molecular weight excluding hydrogens is 533 g/mol. The highest BCUT2D eigenvalue weighted by atomic mass is 35.5. The molecule has 2 aliphatic heterocycles. The zero-order chi connectivity index (χ0) is 27.4. The molecule has 4 aromatic heterocycles. The zero-order valence-corrected chi connectivity index (χ0v) is 22.7. The number of rotatable bonds is 5. The Morgan fingerprint density at radius 3 is 2.85 bits per heavy atom. The Morgan fingerprint density at radius 1 is 1.20 bits per heavy atom. The number of nitrogens with one attached hydrogen (secondary N) is 1. The number of carbonyl (C=O) groups excluding carboxylic acids is 1. The lowest BCUT2D eigenvalue weighted by Gasteiger charge is -2.55. The third kappa shape index (κ3) is 4.05. The number of hydrogen-bond donors (Lipinski definition) is 1. The van der Waals surface area contributed by atoms with Gasteiger partial charge >= 0.3 is 0 Å². The molecule has 2 saturated heterocycles. The number of aromatic nitrogens is 5. The van der Waals surface area contributed by atoms with Gasteiger partial charge in [0.2, 0.25) is 0 Å². The van der Waals surface area contributed by atoms with Gasteiger partial charge in [0.05, 0.1) is 40.5 Å². The number of anilines is 1. The molecule has 40 heavy (non-hydrogen) atoms. The Morgan fingerprint density at radius 2 is 2.08 bits per heavy atom. The van der Waals surface area contributed by atoms with Crippen LogP contribution in [0.4, 0.5) is 10.2 Å². The van der Waals surface area contributed by atoms with Crippen LogP contribution in [0.2, 0.25) is 5.02 Å². The first-order valence-corrected chi connectivity index (χ1v) is 13.8. The van der Waals surface area contributed by atoms with Crippen LogP contribution in [-0.2, 0) is 0 Å². The second-order valence-electron chi connectivity index (χ2n) is 10.6. The van der Waals surface area contributed by atoms with Crippen LogP contribution in [0.1, 0.15) is 30.1 Å². The standard InChI is InChI=1S/C29H27ClFN7O2/c1-2-40-19-11-20(26-21-13-33-34-27(21)35-38(26)14-19)18-7-8-24(32-12-18)37-16-29(17-37)9-4-10-36(15-29)28(39)25-22(30)5-3-6-23(25)31/h3,5-8,11-14H,2,4,9-10,15-17H2,1H3,(H,34,35). The molecule has 1 N–H and O–H groups in total. The third-order valence-corrected chi connectivity index (χ3v) is 8.29. The molecule has 1 amide bonds. The molecule has 5 aromatic rings. The average molecular weight is 560 g/mol. The van der Waals surface area contributed by atoms with Crippen LogP contribution in [0.15, 0.2) is 55.0 Å². The molecule has 0 saturated carbocycles. The van der Waals surface area contributed by atoms with Gasteiger partial charge in [-0.05, 0) is 50.1 Å². The van der Waals surface area contributed by atoms with Crippen LogP contribution in [-0.4, -0.2) is 68.4 Å². The first-order chi connectivity index (χ1) is 19.4. The summed E-state index contributed by atoms with van der Waals surface area (Å²) < 4.78 is 22.0. The molecule has 0 unspecified atom stereocenters. The minimum absolute atomic E-state index is 0.0333. The summed E-state index contributed by atoms with van der Waals surface area (Å²) in [6, 6.07) is 10.5. The van der Waals surface area contributed by atoms with Gasteiger partial charge in [0.25, 0.3) is 5.91 Å². The van der Waals surface area contributed by atoms with Crippen LogP contribution < -0.4 is 9.64 Å². The van der Waals surface area contributed by atoms with Gasteiger partial charge in [-0.2, -0.15) is 5.10 Å². The van der Waals surface area contributed by atoms with Crippen molar-refractivity contribution >= 4 is 39.9 Å². The van der Waals surface area contributed by atoms with Crippen LogP contribution in [0.5, 0.6) is 5.75 Å². The Labute approximate surface area is 234 Å². The Bertz CT molecular complexity index is 1720. The van der Waals surface area contributed by atoms with Gasteiger partial charge in [0.15, 0.2) is 5.65 Å². The van der Waals surface area contributed by atoms with Crippen molar-refractivity contribution in [3.05, 3.63) is 71.4 Å². The Balaban J connectivity index is 1.10. The van der Waals surface area contributed by atoms with Crippen LogP contribution in [0, 0.1) is 11.2 Å². The SMILES string of the molecule is CCOc1cc(-c2ccc(N3CC4(CCCN(C(=O)c5c(F)cccc5Cl)C4)C3)nc2)c2c3cn[nH]c3nn2c1. The molecule has 1 spiro atoms. The summed E-state index contributed by atoms with van der Waals surface area (Å²) >= 11 is 6.18. The maximum absolute atomic E-state index is 14.4. The van der Waals surface area contributed by atoms with E-state index in [1.807, 2.05) is 36.0 Å². The molecule has 9 nitrogen and oxygen atoms in total. The first-order valence-electron chi connectivity index (χ1n) is 13.4. The van der Waals surface area contributed by atoms with Gasteiger partial charge in [-0.15, -0.1) is 5.10 Å². The van der Waals surface area contributed by atoms with Gasteiger partial charge < -0.3 is 14.5 Å². The quantitative estimate of drug-likeness (QED) is 0.318. The summed E-state index contributed by atoms with van der Waals surface area (Å²) in [7, 11) is 0. The summed E-state index contributed by atoms with van der Waals surface area (Å²) in [6.45, 7) is 5.26. The minimum Gasteiger partial charge on any atom is -0.492 e. The van der Waals surface area contributed by atoms with Gasteiger partial charge in [0, 0.05) is 48.9 Å². The van der Waals surface area contributed by atoms with Gasteiger partial charge in [-0.1, -0.05) is 17.7 Å². The number of aromatic amines is 1. The number of likely N-dealkylation sites (tertiary alicyclic amines) is 1. The molecule has 1 aromatic carbocycles. The Hall–Kier alpha value is -4.18. The molecule has 0 atom stereocenters. The molecule has 11 heteroatoms. The highest BCUT2D eigenvalue weighted by molar-refractivity contribution is 6.33. The van der Waals surface area contributed by atoms with Crippen molar-refractivity contribution in [1.82, 2.24) is 29.7 Å². The molecular formula is C29H27ClFN7O2. The number of pyridine rings is 2. The molecule has 2 aliphatic rings. The van der Waals surface area contributed by atoms with E-state index >= 15 is 0 Å². The van der Waals surface area contributed by atoms with Crippen molar-refractivity contribution in [2.24, 2.45) is 5.41 Å². The lowest BCUT2D eigenvalue weighted by molar-refractivity contribution is 0.0414. The van der Waals surface area contributed by atoms with E-state index in [1.165, 1.54) is 12.1 Å². The monoisotopic (exact) mass is 559 g/mol. The molecule has 204 valence electrons. The van der Waals surface area contributed by atoms with Crippen molar-refractivity contribution < 1.29 is 13.9 Å². The second-order valence-corrected chi connectivity index (χ2v) is 11.0. The Kier molecular flexibility index (Phi) is 5.88. The molecule has 6 heterocycles. The average Bonchev–Trinajstić information content (AvgIpc) is 3.53. The van der Waals surface area contributed by atoms with Crippen molar-refractivity contribution in [1.29, 1.82) is 0 Å². The van der Waals surface area contributed by atoms with E-state index < -0.39 is 5.82 Å². The summed E-state index contributed by atoms with van der Waals surface area (Å²) in [6.07, 6.45) is 7.41. The van der Waals surface area contributed by atoms with E-state index in [2.05, 4.69) is 26.3 Å². The number of H-pyrrole nitrogens is 1. The number of amides is 1. The summed E-state index contributed by atoms with van der Waals surface area (Å²) in [5, 5.41) is 12.8. The lowest BCUT2D eigenvalue weighted by Crippen LogP contribution is -2.64. The van der Waals surface area contributed by atoms with E-state index in [1.54, 1.807) is 17.2 Å². The van der Waals surface area contributed by atoms with Gasteiger partial charge in [-0.3, -0.25) is 9.89 Å². The van der Waals surface area contributed by atoms with Crippen LogP contribution in [0.25, 0.3) is 27.7 Å². The highest BCUT2D eigenvalue weighted by Crippen LogP contribution is 2.42. The van der Waals surface area contributed by atoms with Gasteiger partial charge in [-0.25, -0.2) is 13.9 Å². The molecule has 0 aliphatic carbocycles. The zero-order valence-electron chi connectivity index (χ0n) is 21.9. The minimum atomic E-state index is -0.579. The maximum atomic E-state index is 14.4. The molecule has 0 bridgehead atoms. The third-order valence-electron chi connectivity index (χ3n) is 7.97. The van der Waals surface area contributed by atoms with E-state index in [-0.39, 0.29) is 21.9 Å². The van der Waals surface area contributed by atoms with E-state index in [0.717, 1.165) is 59.5 Å². The summed E-state index contributed by atoms with van der Waals surface area (Å²) in [4.78, 5) is 21.9. The normalized spacial score (nSPS) is 16.6. The topological polar surface area (TPSA) is 91.6 Å². The van der Waals surface area contributed by atoms with Crippen molar-refractivity contribution in [2.75, 3.05) is 37.7 Å². The summed E-state index contributed by atoms with van der Waals surface area (Å²) in [5.74, 6) is 0.694. The van der Waals surface area contributed by atoms with Crippen molar-refractivity contribution in [2.45, 2.75) is 19.8 Å². The molecule has 2 fully saturated rings. The largest absolute Gasteiger partial charge is 0.492 e. The van der Waals surface area contributed by atoms with Crippen LogP contribution >= 0.6 is 11.6 Å². The highest BCUT2D eigenvalue weighted by Gasteiger charge is 2.47. The number of carbonyl (C=O) groups is 1. The molecule has 7 rings (SSSR count). The number of fused-ring (bicyclic) bond motifs is 3. The predicted octanol–water partition coefficient (Wildman–Crippen LogP) is 5.21. The van der Waals surface area contributed by atoms with E-state index in [9.17, 15) is 9.18 Å². The van der Waals surface area contributed by atoms with Crippen molar-refractivity contribution in [3.63, 3.8) is 0 Å². The fourth-order valence-electron chi connectivity index (χ4n) is 6.16. The lowest BCUT2D eigenvalue weighted by atomic mass is 9.73. The van der Waals surface area contributed by atoms with E-state index in [4.69, 9.17) is 21.3 Å². The number of piperidine rings is 1. The predicted molar refractivity (Wildman–Crippen MR) is 150 cm³/mol. The van der Waals surface area contributed by atoms with Gasteiger partial charge in [0.1, 0.15) is 17.4 Å². The second kappa shape index (κ2) is 9.48. The summed E-state index contributed by atoms with van der Waals surface area (Å²) in [5.41, 5.74) is 3.48.